The maximum absolute atomic E-state index is 13.0. The SMILES string of the molecule is CC(C)c1cc(Sc2c(Cl)cc(N(C/C(N)=N/O)C(=O)OC(C)(C)C)cc2Cl)nn(C)c1=O.CC(C)c1cc(Sc2c(Cl)cc(N(CC#N)C(=O)OC(C)(C)C)cc2Cl)nn(C)c1=O.CC(C)c1cc(Sc2c(Cl)cc(N(Cc3noc(=O)[nH]3)C(=O)OC(C)(C)C)cc2Cl)nn(C)c1=O.CC(C)c1cc(Sc2c(Cl)cc(N)cc2Cl)nn(C)c1=O.CC(C)c1cc(Sc2c(Cl)cc(NCC#N)cc2Cl)nn(C)c1=O.N#CCBr. The fourth-order valence-corrected chi connectivity index (χ4v) is 20.2. The van der Waals surface area contributed by atoms with Gasteiger partial charge in [-0.1, -0.05) is 270 Å². The van der Waals surface area contributed by atoms with Crippen LogP contribution >= 0.6 is 191 Å². The van der Waals surface area contributed by atoms with Crippen LogP contribution in [-0.4, -0.2) is 130 Å². The minimum atomic E-state index is -0.779. The molecule has 0 saturated carbocycles. The number of alkyl halides is 1. The minimum Gasteiger partial charge on any atom is -0.443 e. The van der Waals surface area contributed by atoms with Gasteiger partial charge in [-0.3, -0.25) is 48.2 Å². The standard InChI is InChI=1S/C22H25Cl2N5O5S.C21H27Cl2N5O4S.C21H24Cl2N4O3S.C16H16Cl2N4OS.C14H15Cl2N3OS.C2H2BrN/c1-11(2)13-9-17(26-28(6)19(13)30)35-18-14(23)7-12(8-15(18)24)29(21(32)33-22(3,4)5)10-16-25-20(31)34-27-16;1-11(2)13-9-17(25-27(6)19(13)29)33-18-14(22)7-12(8-15(18)23)28(10-16(24)26-31)20(30)32-21(3,4)5;1-12(2)14-11-17(25-26(6)19(14)28)31-18-15(22)9-13(10-16(18)23)27(8-7-24)20(29)30-21(3,4)5;1-9(2)11-8-14(21-22(3)16(11)23)24-15-12(17)6-10(7-13(15)18)20-5-4-19;1-7(2)9-6-12(18-19(3)14(9)20)21-13-10(15)4-8(17)5-11(13)16;3-1-2-4/h7-9,11H,10H2,1-6H3,(H,25,27,31);7-9,11,31H,10H2,1-6H3,(H2,24,26);9-12H,8H2,1-6H3;6-9,20H,5H2,1-3H3;4-7H,17H2,1-3H3;1H2. The highest BCUT2D eigenvalue weighted by atomic mass is 79.9. The van der Waals surface area contributed by atoms with Gasteiger partial charge in [-0.2, -0.15) is 41.3 Å². The highest BCUT2D eigenvalue weighted by molar-refractivity contribution is 9.09. The number of carbonyl (C=O) groups is 3. The molecule has 0 aliphatic carbocycles. The number of H-pyrrole nitrogens is 1. The number of nitrogens with two attached hydrogens (primary N) is 2. The molecule has 794 valence electrons. The van der Waals surface area contributed by atoms with Crippen molar-refractivity contribution >= 4 is 243 Å². The molecule has 11 aromatic rings. The molecular weight excluding hydrogens is 2280 g/mol. The zero-order valence-electron chi connectivity index (χ0n) is 84.7. The molecule has 11 rings (SSSR count). The predicted molar refractivity (Wildman–Crippen MR) is 594 cm³/mol. The fourth-order valence-electron chi connectivity index (χ4n) is 12.3. The van der Waals surface area contributed by atoms with Crippen LogP contribution in [0.5, 0.6) is 0 Å². The van der Waals surface area contributed by atoms with E-state index in [0.717, 1.165) is 4.90 Å². The number of amidine groups is 1. The van der Waals surface area contributed by atoms with Crippen LogP contribution < -0.4 is 65.0 Å². The summed E-state index contributed by atoms with van der Waals surface area (Å²) in [4.78, 5) is 119. The lowest BCUT2D eigenvalue weighted by molar-refractivity contribution is 0.0568. The number of aromatic amines is 1. The van der Waals surface area contributed by atoms with Gasteiger partial charge in [0, 0.05) is 74.4 Å². The molecule has 52 heteroatoms. The lowest BCUT2D eigenvalue weighted by Gasteiger charge is -2.27. The van der Waals surface area contributed by atoms with Crippen LogP contribution in [-0.2, 0) is 56.0 Å². The summed E-state index contributed by atoms with van der Waals surface area (Å²) in [5.41, 5.74) is 13.7. The van der Waals surface area contributed by atoms with Gasteiger partial charge in [0.1, 0.15) is 55.0 Å². The molecule has 0 radical (unpaired) electrons. The van der Waals surface area contributed by atoms with Crippen molar-refractivity contribution in [1.82, 2.24) is 59.0 Å². The summed E-state index contributed by atoms with van der Waals surface area (Å²) in [6.07, 6.45) is -2.10. The van der Waals surface area contributed by atoms with E-state index < -0.39 is 40.8 Å². The molecule has 5 aromatic carbocycles. The molecule has 0 fully saturated rings. The van der Waals surface area contributed by atoms with Crippen molar-refractivity contribution in [3.8, 4) is 18.2 Å². The summed E-state index contributed by atoms with van der Waals surface area (Å²) < 4.78 is 27.3. The Morgan fingerprint density at radius 3 is 0.926 bits per heavy atom. The Morgan fingerprint density at radius 2 is 0.689 bits per heavy atom. The van der Waals surface area contributed by atoms with Crippen LogP contribution in [0.3, 0.4) is 0 Å². The second kappa shape index (κ2) is 56.7. The summed E-state index contributed by atoms with van der Waals surface area (Å²) in [7, 11) is 8.00. The van der Waals surface area contributed by atoms with E-state index in [-0.39, 0.29) is 125 Å². The van der Waals surface area contributed by atoms with E-state index in [1.54, 1.807) is 176 Å². The monoisotopic (exact) mass is 2380 g/mol. The number of hydrogen-bond acceptors (Lipinski definition) is 31. The number of rotatable bonds is 25. The van der Waals surface area contributed by atoms with Crippen molar-refractivity contribution < 1.29 is 38.3 Å². The average Bonchev–Trinajstić information content (AvgIpc) is 0.967. The molecule has 3 amide bonds. The van der Waals surface area contributed by atoms with Crippen LogP contribution in [0.1, 0.15) is 195 Å². The zero-order valence-corrected chi connectivity index (χ0v) is 98.0. The van der Waals surface area contributed by atoms with Crippen LogP contribution in [0.25, 0.3) is 0 Å². The molecule has 6 aromatic heterocycles. The van der Waals surface area contributed by atoms with E-state index in [1.165, 1.54) is 104 Å². The number of hydrogen-bond donors (Lipinski definition) is 5. The number of nitrogens with zero attached hydrogens (tertiary/aromatic N) is 18. The Morgan fingerprint density at radius 1 is 0.439 bits per heavy atom. The Labute approximate surface area is 934 Å². The van der Waals surface area contributed by atoms with Crippen molar-refractivity contribution in [3.05, 3.63) is 237 Å². The largest absolute Gasteiger partial charge is 0.443 e. The summed E-state index contributed by atoms with van der Waals surface area (Å²) >= 11 is 73.2. The fraction of sp³-hybridized carbons (Fsp3) is 0.385. The Kier molecular flexibility index (Phi) is 48.4. The van der Waals surface area contributed by atoms with Gasteiger partial charge in [-0.05, 0) is 183 Å². The molecular formula is C96H109BrCl10N22O14S5. The molecule has 0 saturated heterocycles. The number of halogens is 11. The summed E-state index contributed by atoms with van der Waals surface area (Å²) in [6, 6.07) is 30.4. The summed E-state index contributed by atoms with van der Waals surface area (Å²) in [5.74, 6) is -0.585. The number of ether oxygens (including phenoxy) is 3. The van der Waals surface area contributed by atoms with Crippen LogP contribution in [0.2, 0.25) is 50.2 Å². The smallest absolute Gasteiger partial charge is 0.438 e. The van der Waals surface area contributed by atoms with Gasteiger partial charge in [0.05, 0.1) is 128 Å². The third-order valence-electron chi connectivity index (χ3n) is 19.1. The van der Waals surface area contributed by atoms with E-state index in [2.05, 4.69) is 66.6 Å². The van der Waals surface area contributed by atoms with Crippen molar-refractivity contribution in [1.29, 1.82) is 15.8 Å². The maximum Gasteiger partial charge on any atom is 0.438 e. The first-order chi connectivity index (χ1) is 68.8. The number of nitrogens with one attached hydrogen (secondary N) is 2. The van der Waals surface area contributed by atoms with Gasteiger partial charge in [0.2, 0.25) is 0 Å². The first kappa shape index (κ1) is 126. The molecule has 0 spiro atoms. The highest BCUT2D eigenvalue weighted by Crippen LogP contribution is 2.47. The molecule has 148 heavy (non-hydrogen) atoms. The summed E-state index contributed by atoms with van der Waals surface area (Å²) in [6.45, 7) is 34.5. The second-order valence-corrected chi connectivity index (χ2v) is 46.0. The van der Waals surface area contributed by atoms with Crippen LogP contribution in [0, 0.1) is 34.0 Å². The first-order valence-corrected chi connectivity index (χ1v) is 53.3. The van der Waals surface area contributed by atoms with Crippen LogP contribution in [0.15, 0.2) is 179 Å². The summed E-state index contributed by atoms with van der Waals surface area (Å²) in [5, 5.41) is 71.9. The molecule has 7 N–H and O–H groups in total. The number of nitriles is 3. The third-order valence-corrected chi connectivity index (χ3v) is 28.7. The van der Waals surface area contributed by atoms with Gasteiger partial charge in [0.25, 0.3) is 27.8 Å². The molecule has 36 nitrogen and oxygen atoms in total. The first-order valence-electron chi connectivity index (χ1n) is 44.3. The zero-order chi connectivity index (χ0) is 112. The molecule has 0 bridgehead atoms. The van der Waals surface area contributed by atoms with Crippen molar-refractivity contribution in [2.75, 3.05) is 50.7 Å². The molecule has 0 aliphatic heterocycles. The molecule has 0 unspecified atom stereocenters. The minimum absolute atomic E-state index is 0.00901. The van der Waals surface area contributed by atoms with Gasteiger partial charge in [0.15, 0.2) is 11.7 Å². The lowest BCUT2D eigenvalue weighted by atomic mass is 10.1. The third kappa shape index (κ3) is 37.7. The van der Waals surface area contributed by atoms with Crippen molar-refractivity contribution in [3.63, 3.8) is 0 Å². The number of carbonyl (C=O) groups excluding carboxylic acids is 3. The van der Waals surface area contributed by atoms with Gasteiger partial charge < -0.3 is 36.2 Å². The van der Waals surface area contributed by atoms with E-state index in [0.29, 0.717) is 131 Å². The number of anilines is 5. The van der Waals surface area contributed by atoms with E-state index in [4.69, 9.17) is 163 Å². The van der Waals surface area contributed by atoms with Crippen molar-refractivity contribution in [2.45, 2.75) is 234 Å². The molecule has 0 aliphatic rings. The number of nitrogen functional groups attached to an aromatic ring is 1. The highest BCUT2D eigenvalue weighted by Gasteiger charge is 2.32. The van der Waals surface area contributed by atoms with Crippen LogP contribution in [0.4, 0.5) is 42.8 Å². The molecule has 6 heterocycles. The van der Waals surface area contributed by atoms with E-state index >= 15 is 0 Å². The lowest BCUT2D eigenvalue weighted by Crippen LogP contribution is -2.42. The average molecular weight is 2390 g/mol. The maximum atomic E-state index is 13.0. The van der Waals surface area contributed by atoms with E-state index in [9.17, 15) is 43.2 Å². The number of amides is 3. The predicted octanol–water partition coefficient (Wildman–Crippen LogP) is 24.6. The Hall–Kier alpha value is -10.3. The normalized spacial score (nSPS) is 11.3. The molecule has 0 atom stereocenters. The Bertz CT molecular complexity index is 7110. The van der Waals surface area contributed by atoms with E-state index in [1.807, 2.05) is 87.4 Å². The van der Waals surface area contributed by atoms with Gasteiger partial charge in [-0.25, -0.2) is 42.6 Å². The number of aromatic nitrogens is 12. The topological polar surface area (TPSA) is 490 Å². The van der Waals surface area contributed by atoms with Gasteiger partial charge >= 0.3 is 24.0 Å². The van der Waals surface area contributed by atoms with Gasteiger partial charge in [-0.15, -0.1) is 0 Å². The number of benzene rings is 5. The Balaban J connectivity index is 0.000000282. The number of oxime groups is 1. The van der Waals surface area contributed by atoms with Crippen molar-refractivity contribution in [2.24, 2.45) is 46.1 Å². The second-order valence-electron chi connectivity index (χ2n) is 36.2. The number of aryl methyl sites for hydroxylation is 5. The quantitative estimate of drug-likeness (QED) is 0.00518.